The molecule has 4 atom stereocenters. The Morgan fingerprint density at radius 3 is 1.50 bits per heavy atom. The van der Waals surface area contributed by atoms with Gasteiger partial charge in [-0.3, -0.25) is 19.6 Å². The minimum atomic E-state index is 0.134. The number of nitrogens with one attached hydrogen (secondary N) is 2. The average molecular weight is 582 g/mol. The molecule has 4 aliphatic rings. The van der Waals surface area contributed by atoms with Crippen LogP contribution in [-0.4, -0.2) is 84.6 Å². The number of benzene rings is 2. The van der Waals surface area contributed by atoms with E-state index in [9.17, 15) is 9.59 Å². The topological polar surface area (TPSA) is 89.4 Å². The summed E-state index contributed by atoms with van der Waals surface area (Å²) in [7, 11) is 4.09. The lowest BCUT2D eigenvalue weighted by Gasteiger charge is -2.27. The molecule has 2 N–H and O–H groups in total. The highest BCUT2D eigenvalue weighted by molar-refractivity contribution is 6.40. The number of hydrogen-bond donors (Lipinski definition) is 2. The summed E-state index contributed by atoms with van der Waals surface area (Å²) < 4.78 is 0. The first-order valence-electron chi connectivity index (χ1n) is 14.0. The molecular weight excluding hydrogens is 547 g/mol. The number of halogens is 2. The summed E-state index contributed by atoms with van der Waals surface area (Å²) in [5.74, 6) is 1.98. The summed E-state index contributed by atoms with van der Waals surface area (Å²) in [4.78, 5) is 37.4. The number of amides is 2. The molecule has 4 heterocycles. The summed E-state index contributed by atoms with van der Waals surface area (Å²) in [6.45, 7) is 1.35. The van der Waals surface area contributed by atoms with E-state index in [1.807, 2.05) is 50.5 Å². The predicted octanol–water partition coefficient (Wildman–Crippen LogP) is 4.12. The Hall–Kier alpha value is -3.10. The molecule has 2 saturated heterocycles. The number of hydrogen-bond acceptors (Lipinski definition) is 6. The van der Waals surface area contributed by atoms with Crippen LogP contribution in [0, 0.1) is 0 Å². The molecule has 40 heavy (non-hydrogen) atoms. The lowest BCUT2D eigenvalue weighted by Crippen LogP contribution is -2.39. The minimum absolute atomic E-state index is 0.134. The van der Waals surface area contributed by atoms with Crippen molar-refractivity contribution in [3.05, 3.63) is 57.6 Å². The van der Waals surface area contributed by atoms with Gasteiger partial charge in [0, 0.05) is 61.3 Å². The van der Waals surface area contributed by atoms with Gasteiger partial charge in [-0.25, -0.2) is 0 Å². The highest BCUT2D eigenvalue weighted by atomic mass is 35.5. The quantitative estimate of drug-likeness (QED) is 0.515. The highest BCUT2D eigenvalue weighted by Crippen LogP contribution is 2.39. The van der Waals surface area contributed by atoms with Gasteiger partial charge in [0.05, 0.1) is 35.2 Å². The third-order valence-electron chi connectivity index (χ3n) is 8.72. The molecule has 8 nitrogen and oxygen atoms in total. The number of likely N-dealkylation sites (N-methyl/N-ethyl adjacent to an activating group) is 2. The molecule has 0 bridgehead atoms. The zero-order valence-electron chi connectivity index (χ0n) is 22.8. The van der Waals surface area contributed by atoms with Crippen LogP contribution in [0.3, 0.4) is 0 Å². The Bertz CT molecular complexity index is 1300. The third kappa shape index (κ3) is 5.07. The van der Waals surface area contributed by atoms with Gasteiger partial charge in [0.15, 0.2) is 0 Å². The van der Waals surface area contributed by atoms with E-state index in [2.05, 4.69) is 20.4 Å². The van der Waals surface area contributed by atoms with Crippen molar-refractivity contribution in [3.8, 4) is 11.1 Å². The van der Waals surface area contributed by atoms with Crippen LogP contribution in [0.1, 0.15) is 49.7 Å². The molecule has 0 radical (unpaired) electrons. The Morgan fingerprint density at radius 1 is 0.725 bits per heavy atom. The first-order valence-corrected chi connectivity index (χ1v) is 14.8. The smallest absolute Gasteiger partial charge is 0.220 e. The molecule has 6 rings (SSSR count). The maximum Gasteiger partial charge on any atom is 0.220 e. The van der Waals surface area contributed by atoms with Crippen LogP contribution < -0.4 is 10.6 Å². The average Bonchev–Trinajstić information content (AvgIpc) is 3.71. The molecule has 4 aliphatic heterocycles. The van der Waals surface area contributed by atoms with Crippen molar-refractivity contribution >= 4 is 46.7 Å². The van der Waals surface area contributed by atoms with E-state index < -0.39 is 0 Å². The molecule has 210 valence electrons. The summed E-state index contributed by atoms with van der Waals surface area (Å²) in [5.41, 5.74) is 3.44. The van der Waals surface area contributed by atoms with Crippen LogP contribution in [0.5, 0.6) is 0 Å². The van der Waals surface area contributed by atoms with Crippen molar-refractivity contribution < 1.29 is 9.59 Å². The fourth-order valence-corrected chi connectivity index (χ4v) is 7.03. The van der Waals surface area contributed by atoms with Crippen molar-refractivity contribution in [3.63, 3.8) is 0 Å². The second-order valence-electron chi connectivity index (χ2n) is 11.3. The first kappa shape index (κ1) is 27.1. The van der Waals surface area contributed by atoms with Crippen LogP contribution in [-0.2, 0) is 9.59 Å². The van der Waals surface area contributed by atoms with Gasteiger partial charge < -0.3 is 20.4 Å². The van der Waals surface area contributed by atoms with E-state index in [0.29, 0.717) is 36.0 Å². The number of nitrogens with zero attached hydrogens (tertiary/aromatic N) is 4. The normalized spacial score (nSPS) is 26.3. The third-order valence-corrected chi connectivity index (χ3v) is 9.53. The molecule has 2 unspecified atom stereocenters. The van der Waals surface area contributed by atoms with Crippen LogP contribution in [0.4, 0.5) is 0 Å². The maximum atomic E-state index is 11.7. The van der Waals surface area contributed by atoms with Gasteiger partial charge >= 0.3 is 0 Å². The van der Waals surface area contributed by atoms with Crippen LogP contribution in [0.2, 0.25) is 10.0 Å². The van der Waals surface area contributed by atoms with Crippen LogP contribution >= 0.6 is 23.2 Å². The molecule has 0 saturated carbocycles. The number of carbonyl (C=O) groups excluding carboxylic acids is 2. The van der Waals surface area contributed by atoms with Gasteiger partial charge in [-0.2, -0.15) is 0 Å². The van der Waals surface area contributed by atoms with Gasteiger partial charge in [-0.15, -0.1) is 0 Å². The summed E-state index contributed by atoms with van der Waals surface area (Å²) in [6, 6.07) is 12.8. The van der Waals surface area contributed by atoms with Gasteiger partial charge in [-0.05, 0) is 37.8 Å². The predicted molar refractivity (Wildman–Crippen MR) is 159 cm³/mol. The molecule has 10 heteroatoms. The Morgan fingerprint density at radius 2 is 1.12 bits per heavy atom. The molecule has 0 aromatic heterocycles. The number of rotatable bonds is 7. The Labute approximate surface area is 244 Å². The lowest BCUT2D eigenvalue weighted by molar-refractivity contribution is -0.120. The Balaban J connectivity index is 1.21. The van der Waals surface area contributed by atoms with Gasteiger partial charge in [-0.1, -0.05) is 47.5 Å². The molecular formula is C30H34Cl2N6O2. The van der Waals surface area contributed by atoms with E-state index in [1.54, 1.807) is 0 Å². The molecule has 2 aromatic rings. The van der Waals surface area contributed by atoms with Crippen molar-refractivity contribution in [1.82, 2.24) is 20.4 Å². The van der Waals surface area contributed by atoms with Crippen molar-refractivity contribution in [2.24, 2.45) is 9.98 Å². The van der Waals surface area contributed by atoms with Crippen molar-refractivity contribution in [1.29, 1.82) is 0 Å². The zero-order valence-corrected chi connectivity index (χ0v) is 24.3. The molecule has 0 spiro atoms. The SMILES string of the molecule is CN1C(c2cccc(-c3cccc(C4=NCC(C[C@@H]5CCC(=O)N5)N4C)c3Cl)c2Cl)=NCC1C[C@@H]1CCC(=O)N1. The Kier molecular flexibility index (Phi) is 7.48. The largest absolute Gasteiger partial charge is 0.355 e. The lowest BCUT2D eigenvalue weighted by atomic mass is 9.99. The fraction of sp³-hybridized carbons (Fsp3) is 0.467. The number of amidine groups is 2. The first-order chi connectivity index (χ1) is 19.3. The summed E-state index contributed by atoms with van der Waals surface area (Å²) in [5, 5.41) is 7.36. The van der Waals surface area contributed by atoms with E-state index in [0.717, 1.165) is 59.6 Å². The van der Waals surface area contributed by atoms with Crippen molar-refractivity contribution in [2.75, 3.05) is 27.2 Å². The standard InChI is InChI=1S/C30H34Cl2N6O2/c1-37-19(13-17-9-11-25(39)35-17)15-33-29(37)23-7-3-5-21(27(23)31)22-6-4-8-24(28(22)32)30-34-16-20(38(30)2)14-18-10-12-26(40)36-18/h3-8,17-20H,9-16H2,1-2H3,(H,35,39)(H,36,40)/t17-,18-,19?,20?/m0/s1. The van der Waals surface area contributed by atoms with Gasteiger partial charge in [0.25, 0.3) is 0 Å². The second-order valence-corrected chi connectivity index (χ2v) is 12.0. The molecule has 0 aliphatic carbocycles. The van der Waals surface area contributed by atoms with E-state index in [-0.39, 0.29) is 36.0 Å². The fourth-order valence-electron chi connectivity index (χ4n) is 6.40. The van der Waals surface area contributed by atoms with E-state index in [4.69, 9.17) is 33.2 Å². The van der Waals surface area contributed by atoms with Crippen LogP contribution in [0.25, 0.3) is 11.1 Å². The van der Waals surface area contributed by atoms with Crippen molar-refractivity contribution in [2.45, 2.75) is 62.7 Å². The molecule has 2 amide bonds. The number of carbonyl (C=O) groups is 2. The molecule has 2 fully saturated rings. The summed E-state index contributed by atoms with van der Waals surface area (Å²) in [6.07, 6.45) is 4.69. The van der Waals surface area contributed by atoms with Crippen LogP contribution in [0.15, 0.2) is 46.4 Å². The summed E-state index contributed by atoms with van der Waals surface area (Å²) >= 11 is 14.1. The van der Waals surface area contributed by atoms with E-state index in [1.165, 1.54) is 0 Å². The minimum Gasteiger partial charge on any atom is -0.355 e. The maximum absolute atomic E-state index is 11.7. The highest BCUT2D eigenvalue weighted by Gasteiger charge is 2.33. The van der Waals surface area contributed by atoms with Gasteiger partial charge in [0.2, 0.25) is 11.8 Å². The van der Waals surface area contributed by atoms with E-state index >= 15 is 0 Å². The second kappa shape index (κ2) is 11.1. The molecule has 2 aromatic carbocycles. The number of aliphatic imine (C=N–C) groups is 2. The zero-order chi connectivity index (χ0) is 28.0. The monoisotopic (exact) mass is 580 g/mol. The van der Waals surface area contributed by atoms with Gasteiger partial charge in [0.1, 0.15) is 11.7 Å².